The Morgan fingerprint density at radius 1 is 1.08 bits per heavy atom. The van der Waals surface area contributed by atoms with E-state index in [0.29, 0.717) is 36.0 Å². The molecule has 0 radical (unpaired) electrons. The highest BCUT2D eigenvalue weighted by atomic mass is 16.6. The van der Waals surface area contributed by atoms with E-state index in [1.165, 1.54) is 0 Å². The van der Waals surface area contributed by atoms with Crippen molar-refractivity contribution in [3.05, 3.63) is 54.1 Å². The molecule has 25 heavy (non-hydrogen) atoms. The predicted octanol–water partition coefficient (Wildman–Crippen LogP) is 1.67. The minimum absolute atomic E-state index is 0.403. The van der Waals surface area contributed by atoms with Crippen LogP contribution >= 0.6 is 0 Å². The summed E-state index contributed by atoms with van der Waals surface area (Å²) in [6, 6.07) is 13.3. The lowest BCUT2D eigenvalue weighted by Crippen LogP contribution is -2.24. The van der Waals surface area contributed by atoms with E-state index >= 15 is 0 Å². The van der Waals surface area contributed by atoms with Crippen LogP contribution in [0.4, 0.5) is 5.69 Å². The summed E-state index contributed by atoms with van der Waals surface area (Å²) in [7, 11) is 0. The zero-order valence-electron chi connectivity index (χ0n) is 13.3. The van der Waals surface area contributed by atoms with Gasteiger partial charge in [0, 0.05) is 11.8 Å². The number of fused-ring (bicyclic) bond motifs is 1. The summed E-state index contributed by atoms with van der Waals surface area (Å²) in [5, 5.41) is 12.5. The van der Waals surface area contributed by atoms with E-state index in [9.17, 15) is 14.7 Å². The lowest BCUT2D eigenvalue weighted by atomic mass is 10.1. The first-order valence-electron chi connectivity index (χ1n) is 7.72. The average Bonchev–Trinajstić information content (AvgIpc) is 2.66. The Bertz CT molecular complexity index is 761. The first-order valence-corrected chi connectivity index (χ1v) is 7.72. The molecular weight excluding hydrogens is 326 g/mol. The Morgan fingerprint density at radius 2 is 1.80 bits per heavy atom. The topological polar surface area (TPSA) is 94.1 Å². The molecule has 1 aliphatic heterocycles. The predicted molar refractivity (Wildman–Crippen MR) is 88.4 cm³/mol. The molecule has 1 atom stereocenters. The largest absolute Gasteiger partial charge is 0.486 e. The molecule has 0 saturated carbocycles. The summed E-state index contributed by atoms with van der Waals surface area (Å²) in [6.07, 6.45) is -1.43. The van der Waals surface area contributed by atoms with Crippen LogP contribution in [-0.2, 0) is 14.3 Å². The molecule has 1 aliphatic rings. The number of hydrogen-bond acceptors (Lipinski definition) is 6. The normalized spacial score (nSPS) is 13.6. The molecule has 1 amide bonds. The molecule has 0 unspecified atom stereocenters. The Balaban J connectivity index is 1.52. The van der Waals surface area contributed by atoms with E-state index in [0.717, 1.165) is 0 Å². The number of rotatable bonds is 5. The molecule has 7 nitrogen and oxygen atoms in total. The standard InChI is InChI=1S/C18H17NO6/c20-16(11-25-18(22)17(21)12-4-2-1-3-5-12)19-13-6-7-14-15(10-13)24-9-8-23-14/h1-7,10,17,21H,8-9,11H2,(H,19,20)/t17-/m0/s1. The molecule has 1 heterocycles. The van der Waals surface area contributed by atoms with Gasteiger partial charge in [0.2, 0.25) is 0 Å². The smallest absolute Gasteiger partial charge is 0.340 e. The summed E-state index contributed by atoms with van der Waals surface area (Å²) in [4.78, 5) is 23.7. The lowest BCUT2D eigenvalue weighted by molar-refractivity contribution is -0.156. The third kappa shape index (κ3) is 4.27. The van der Waals surface area contributed by atoms with Crippen molar-refractivity contribution in [3.8, 4) is 11.5 Å². The van der Waals surface area contributed by atoms with Crippen molar-refractivity contribution >= 4 is 17.6 Å². The van der Waals surface area contributed by atoms with Crippen molar-refractivity contribution < 1.29 is 28.9 Å². The van der Waals surface area contributed by atoms with Crippen molar-refractivity contribution in [1.29, 1.82) is 0 Å². The van der Waals surface area contributed by atoms with Gasteiger partial charge in [-0.15, -0.1) is 0 Å². The van der Waals surface area contributed by atoms with Crippen LogP contribution in [0, 0.1) is 0 Å². The van der Waals surface area contributed by atoms with Gasteiger partial charge >= 0.3 is 5.97 Å². The van der Waals surface area contributed by atoms with E-state index in [1.807, 2.05) is 0 Å². The zero-order valence-corrected chi connectivity index (χ0v) is 13.3. The van der Waals surface area contributed by atoms with Gasteiger partial charge in [0.05, 0.1) is 0 Å². The summed E-state index contributed by atoms with van der Waals surface area (Å²) >= 11 is 0. The molecule has 0 aliphatic carbocycles. The number of benzene rings is 2. The molecule has 0 aromatic heterocycles. The summed E-state index contributed by atoms with van der Waals surface area (Å²) in [5.41, 5.74) is 0.897. The van der Waals surface area contributed by atoms with Crippen molar-refractivity contribution in [3.63, 3.8) is 0 Å². The van der Waals surface area contributed by atoms with Gasteiger partial charge in [-0.25, -0.2) is 4.79 Å². The maximum atomic E-state index is 11.9. The molecule has 0 bridgehead atoms. The van der Waals surface area contributed by atoms with Gasteiger partial charge in [-0.1, -0.05) is 30.3 Å². The van der Waals surface area contributed by atoms with Crippen molar-refractivity contribution in [2.24, 2.45) is 0 Å². The number of carbonyl (C=O) groups excluding carboxylic acids is 2. The number of nitrogens with one attached hydrogen (secondary N) is 1. The Morgan fingerprint density at radius 3 is 2.56 bits per heavy atom. The van der Waals surface area contributed by atoms with Gasteiger partial charge in [-0.05, 0) is 17.7 Å². The molecule has 0 saturated heterocycles. The fourth-order valence-electron chi connectivity index (χ4n) is 2.31. The highest BCUT2D eigenvalue weighted by Gasteiger charge is 2.20. The van der Waals surface area contributed by atoms with Crippen LogP contribution in [0.3, 0.4) is 0 Å². The molecule has 7 heteroatoms. The van der Waals surface area contributed by atoms with E-state index in [4.69, 9.17) is 14.2 Å². The van der Waals surface area contributed by atoms with Crippen LogP contribution in [0.2, 0.25) is 0 Å². The average molecular weight is 343 g/mol. The third-order valence-corrected chi connectivity index (χ3v) is 3.51. The highest BCUT2D eigenvalue weighted by molar-refractivity contribution is 5.93. The maximum Gasteiger partial charge on any atom is 0.340 e. The van der Waals surface area contributed by atoms with Crippen LogP contribution < -0.4 is 14.8 Å². The summed E-state index contributed by atoms with van der Waals surface area (Å²) in [6.45, 7) is 0.426. The minimum atomic E-state index is -1.43. The van der Waals surface area contributed by atoms with Gasteiger partial charge in [0.1, 0.15) is 13.2 Å². The van der Waals surface area contributed by atoms with Crippen LogP contribution in [0.25, 0.3) is 0 Å². The second-order valence-corrected chi connectivity index (χ2v) is 5.33. The Hall–Kier alpha value is -3.06. The van der Waals surface area contributed by atoms with Gasteiger partial charge in [-0.2, -0.15) is 0 Å². The Kier molecular flexibility index (Phi) is 5.15. The number of amides is 1. The molecule has 3 rings (SSSR count). The number of anilines is 1. The second-order valence-electron chi connectivity index (χ2n) is 5.33. The molecule has 2 aromatic carbocycles. The maximum absolute atomic E-state index is 11.9. The monoisotopic (exact) mass is 343 g/mol. The lowest BCUT2D eigenvalue weighted by Gasteiger charge is -2.19. The molecule has 0 spiro atoms. The van der Waals surface area contributed by atoms with Crippen molar-refractivity contribution in [2.45, 2.75) is 6.10 Å². The number of ether oxygens (including phenoxy) is 3. The van der Waals surface area contributed by atoms with Gasteiger partial charge in [0.15, 0.2) is 24.2 Å². The van der Waals surface area contributed by atoms with E-state index in [1.54, 1.807) is 48.5 Å². The van der Waals surface area contributed by atoms with E-state index < -0.39 is 24.6 Å². The summed E-state index contributed by atoms with van der Waals surface area (Å²) in [5.74, 6) is -0.254. The van der Waals surface area contributed by atoms with Crippen LogP contribution in [0.1, 0.15) is 11.7 Å². The van der Waals surface area contributed by atoms with Gasteiger partial charge < -0.3 is 24.6 Å². The fourth-order valence-corrected chi connectivity index (χ4v) is 2.31. The van der Waals surface area contributed by atoms with Crippen molar-refractivity contribution in [1.82, 2.24) is 0 Å². The molecule has 2 aromatic rings. The fraction of sp³-hybridized carbons (Fsp3) is 0.222. The highest BCUT2D eigenvalue weighted by Crippen LogP contribution is 2.32. The van der Waals surface area contributed by atoms with Crippen LogP contribution in [0.15, 0.2) is 48.5 Å². The minimum Gasteiger partial charge on any atom is -0.486 e. The number of hydrogen-bond donors (Lipinski definition) is 2. The molecule has 2 N–H and O–H groups in total. The number of aliphatic hydroxyl groups is 1. The molecular formula is C18H17NO6. The van der Waals surface area contributed by atoms with Crippen molar-refractivity contribution in [2.75, 3.05) is 25.1 Å². The quantitative estimate of drug-likeness (QED) is 0.802. The first kappa shape index (κ1) is 16.8. The van der Waals surface area contributed by atoms with Gasteiger partial charge in [-0.3, -0.25) is 4.79 Å². The first-order chi connectivity index (χ1) is 12.1. The summed E-state index contributed by atoms with van der Waals surface area (Å²) < 4.78 is 15.7. The SMILES string of the molecule is O=C(COC(=O)[C@@H](O)c1ccccc1)Nc1ccc2c(c1)OCCO2. The molecule has 0 fully saturated rings. The number of esters is 1. The number of carbonyl (C=O) groups is 2. The van der Waals surface area contributed by atoms with E-state index in [2.05, 4.69) is 5.32 Å². The van der Waals surface area contributed by atoms with Crippen LogP contribution in [0.5, 0.6) is 11.5 Å². The van der Waals surface area contributed by atoms with Gasteiger partial charge in [0.25, 0.3) is 5.91 Å². The zero-order chi connectivity index (χ0) is 17.6. The number of aliphatic hydroxyl groups excluding tert-OH is 1. The Labute approximate surface area is 144 Å². The van der Waals surface area contributed by atoms with Crippen LogP contribution in [-0.4, -0.2) is 36.8 Å². The third-order valence-electron chi connectivity index (χ3n) is 3.51. The molecule has 130 valence electrons. The second kappa shape index (κ2) is 7.67. The van der Waals surface area contributed by atoms with E-state index in [-0.39, 0.29) is 0 Å².